The summed E-state index contributed by atoms with van der Waals surface area (Å²) in [6, 6.07) is 7.95. The van der Waals surface area contributed by atoms with Crippen molar-refractivity contribution in [1.82, 2.24) is 4.90 Å². The van der Waals surface area contributed by atoms with Gasteiger partial charge in [-0.2, -0.15) is 0 Å². The zero-order valence-corrected chi connectivity index (χ0v) is 13.4. The number of cyclic esters (lactones) is 1. The summed E-state index contributed by atoms with van der Waals surface area (Å²) in [5.41, 5.74) is 6.85. The van der Waals surface area contributed by atoms with Gasteiger partial charge in [-0.1, -0.05) is 0 Å². The zero-order valence-electron chi connectivity index (χ0n) is 13.4. The Kier molecular flexibility index (Phi) is 5.35. The molecule has 1 amide bonds. The molecular formula is C17H25N3O3. The van der Waals surface area contributed by atoms with Gasteiger partial charge < -0.3 is 15.2 Å². The third-order valence-corrected chi connectivity index (χ3v) is 4.45. The number of carbonyl (C=O) groups is 1. The molecule has 1 atom stereocenters. The minimum Gasteiger partial charge on any atom is -0.492 e. The van der Waals surface area contributed by atoms with Gasteiger partial charge in [-0.3, -0.25) is 9.80 Å². The molecule has 0 aliphatic carbocycles. The van der Waals surface area contributed by atoms with Crippen molar-refractivity contribution in [2.24, 2.45) is 5.73 Å². The summed E-state index contributed by atoms with van der Waals surface area (Å²) in [5.74, 6) is 0.827. The molecule has 2 fully saturated rings. The fourth-order valence-corrected chi connectivity index (χ4v) is 3.05. The minimum atomic E-state index is -0.280. The van der Waals surface area contributed by atoms with Gasteiger partial charge in [-0.25, -0.2) is 4.79 Å². The van der Waals surface area contributed by atoms with Crippen molar-refractivity contribution in [2.75, 3.05) is 44.3 Å². The summed E-state index contributed by atoms with van der Waals surface area (Å²) in [7, 11) is 0. The van der Waals surface area contributed by atoms with Gasteiger partial charge in [0, 0.05) is 18.3 Å². The van der Waals surface area contributed by atoms with E-state index in [0.717, 1.165) is 43.9 Å². The smallest absolute Gasteiger partial charge is 0.414 e. The first-order valence-electron chi connectivity index (χ1n) is 8.37. The minimum absolute atomic E-state index is 0.280. The highest BCUT2D eigenvalue weighted by atomic mass is 16.6. The number of carbonyl (C=O) groups excluding carboxylic acids is 1. The van der Waals surface area contributed by atoms with Crippen LogP contribution in [0.4, 0.5) is 10.5 Å². The topological polar surface area (TPSA) is 68.0 Å². The Balaban J connectivity index is 1.44. The Morgan fingerprint density at radius 2 is 2.00 bits per heavy atom. The quantitative estimate of drug-likeness (QED) is 0.897. The fraction of sp³-hybridized carbons (Fsp3) is 0.588. The number of nitrogens with zero attached hydrogens (tertiary/aromatic N) is 2. The summed E-state index contributed by atoms with van der Waals surface area (Å²) in [6.45, 7) is 4.81. The van der Waals surface area contributed by atoms with E-state index in [1.165, 1.54) is 6.42 Å². The molecular weight excluding hydrogens is 294 g/mol. The molecule has 1 aromatic rings. The van der Waals surface area contributed by atoms with Crippen LogP contribution in [0.25, 0.3) is 0 Å². The van der Waals surface area contributed by atoms with Crippen LogP contribution < -0.4 is 15.4 Å². The molecule has 1 aromatic carbocycles. The van der Waals surface area contributed by atoms with Crippen LogP contribution in [0.3, 0.4) is 0 Å². The monoisotopic (exact) mass is 319 g/mol. The summed E-state index contributed by atoms with van der Waals surface area (Å²) in [6.07, 6.45) is 3.08. The highest BCUT2D eigenvalue weighted by molar-refractivity contribution is 5.89. The molecule has 0 aromatic heterocycles. The molecule has 23 heavy (non-hydrogen) atoms. The van der Waals surface area contributed by atoms with Crippen molar-refractivity contribution in [1.29, 1.82) is 0 Å². The van der Waals surface area contributed by atoms with E-state index in [2.05, 4.69) is 4.90 Å². The average molecular weight is 319 g/mol. The highest BCUT2D eigenvalue weighted by Crippen LogP contribution is 2.22. The Hall–Kier alpha value is -1.79. The zero-order chi connectivity index (χ0) is 16.1. The van der Waals surface area contributed by atoms with Crippen molar-refractivity contribution in [3.8, 4) is 5.75 Å². The first-order valence-corrected chi connectivity index (χ1v) is 8.37. The average Bonchev–Trinajstić information content (AvgIpc) is 2.87. The molecule has 1 unspecified atom stereocenters. The van der Waals surface area contributed by atoms with E-state index in [0.29, 0.717) is 25.8 Å². The summed E-state index contributed by atoms with van der Waals surface area (Å²) < 4.78 is 10.8. The molecule has 2 N–H and O–H groups in total. The SMILES string of the molecule is NC1CCCN(CCOc2ccc(N3CCOC3=O)cc2)CC1. The standard InChI is InChI=1S/C17H25N3O3/c18-14-2-1-8-19(9-7-14)10-12-22-16-5-3-15(4-6-16)20-11-13-23-17(20)21/h3-6,14H,1-2,7-13,18H2. The maximum absolute atomic E-state index is 11.5. The number of anilines is 1. The van der Waals surface area contributed by atoms with Gasteiger partial charge in [0.2, 0.25) is 0 Å². The van der Waals surface area contributed by atoms with Crippen LogP contribution in [0, 0.1) is 0 Å². The van der Waals surface area contributed by atoms with Crippen molar-refractivity contribution in [3.63, 3.8) is 0 Å². The van der Waals surface area contributed by atoms with E-state index in [1.807, 2.05) is 24.3 Å². The van der Waals surface area contributed by atoms with Crippen LogP contribution in [-0.4, -0.2) is 56.4 Å². The second-order valence-electron chi connectivity index (χ2n) is 6.14. The lowest BCUT2D eigenvalue weighted by atomic mass is 10.1. The summed E-state index contributed by atoms with van der Waals surface area (Å²) >= 11 is 0. The maximum atomic E-state index is 11.5. The first kappa shape index (κ1) is 16.1. The fourth-order valence-electron chi connectivity index (χ4n) is 3.05. The van der Waals surface area contributed by atoms with Gasteiger partial charge in [0.1, 0.15) is 19.0 Å². The molecule has 0 spiro atoms. The van der Waals surface area contributed by atoms with Gasteiger partial charge >= 0.3 is 6.09 Å². The number of hydrogen-bond acceptors (Lipinski definition) is 5. The van der Waals surface area contributed by atoms with E-state index in [9.17, 15) is 4.79 Å². The second kappa shape index (κ2) is 7.66. The van der Waals surface area contributed by atoms with E-state index in [1.54, 1.807) is 4.90 Å². The molecule has 0 bridgehead atoms. The lowest BCUT2D eigenvalue weighted by Crippen LogP contribution is -2.30. The van der Waals surface area contributed by atoms with E-state index < -0.39 is 0 Å². The predicted octanol–water partition coefficient (Wildman–Crippen LogP) is 1.84. The van der Waals surface area contributed by atoms with Crippen LogP contribution in [0.1, 0.15) is 19.3 Å². The van der Waals surface area contributed by atoms with Gasteiger partial charge in [-0.15, -0.1) is 0 Å². The highest BCUT2D eigenvalue weighted by Gasteiger charge is 2.23. The Morgan fingerprint density at radius 3 is 2.74 bits per heavy atom. The molecule has 2 aliphatic heterocycles. The number of nitrogens with two attached hydrogens (primary N) is 1. The van der Waals surface area contributed by atoms with Gasteiger partial charge in [0.15, 0.2) is 0 Å². The lowest BCUT2D eigenvalue weighted by Gasteiger charge is -2.20. The van der Waals surface area contributed by atoms with Crippen LogP contribution >= 0.6 is 0 Å². The van der Waals surface area contributed by atoms with E-state index >= 15 is 0 Å². The third-order valence-electron chi connectivity index (χ3n) is 4.45. The number of rotatable bonds is 5. The molecule has 126 valence electrons. The second-order valence-corrected chi connectivity index (χ2v) is 6.14. The Morgan fingerprint density at radius 1 is 1.17 bits per heavy atom. The van der Waals surface area contributed by atoms with Crippen LogP contribution in [-0.2, 0) is 4.74 Å². The third kappa shape index (κ3) is 4.36. The lowest BCUT2D eigenvalue weighted by molar-refractivity contribution is 0.181. The number of amides is 1. The molecule has 2 saturated heterocycles. The molecule has 6 nitrogen and oxygen atoms in total. The number of hydrogen-bond donors (Lipinski definition) is 1. The van der Waals surface area contributed by atoms with Crippen LogP contribution in [0.2, 0.25) is 0 Å². The molecule has 2 aliphatic rings. The molecule has 6 heteroatoms. The molecule has 2 heterocycles. The van der Waals surface area contributed by atoms with E-state index in [-0.39, 0.29) is 6.09 Å². The van der Waals surface area contributed by atoms with Crippen molar-refractivity contribution >= 4 is 11.8 Å². The van der Waals surface area contributed by atoms with Gasteiger partial charge in [0.25, 0.3) is 0 Å². The van der Waals surface area contributed by atoms with Crippen LogP contribution in [0.15, 0.2) is 24.3 Å². The largest absolute Gasteiger partial charge is 0.492 e. The number of ether oxygens (including phenoxy) is 2. The molecule has 0 saturated carbocycles. The van der Waals surface area contributed by atoms with Crippen molar-refractivity contribution in [3.05, 3.63) is 24.3 Å². The molecule has 0 radical (unpaired) electrons. The Labute approximate surface area is 137 Å². The first-order chi connectivity index (χ1) is 11.2. The molecule has 3 rings (SSSR count). The normalized spacial score (nSPS) is 22.7. The van der Waals surface area contributed by atoms with Crippen LogP contribution in [0.5, 0.6) is 5.75 Å². The van der Waals surface area contributed by atoms with Gasteiger partial charge in [0.05, 0.1) is 6.54 Å². The maximum Gasteiger partial charge on any atom is 0.414 e. The van der Waals surface area contributed by atoms with Crippen molar-refractivity contribution in [2.45, 2.75) is 25.3 Å². The predicted molar refractivity (Wildman–Crippen MR) is 88.9 cm³/mol. The number of likely N-dealkylation sites (tertiary alicyclic amines) is 1. The van der Waals surface area contributed by atoms with E-state index in [4.69, 9.17) is 15.2 Å². The summed E-state index contributed by atoms with van der Waals surface area (Å²) in [5, 5.41) is 0. The van der Waals surface area contributed by atoms with Gasteiger partial charge in [-0.05, 0) is 56.6 Å². The van der Waals surface area contributed by atoms with Crippen molar-refractivity contribution < 1.29 is 14.3 Å². The number of benzene rings is 1. The summed E-state index contributed by atoms with van der Waals surface area (Å²) in [4.78, 5) is 15.6. The Bertz CT molecular complexity index is 520.